The number of nitrogens with one attached hydrogen (secondary N) is 1. The number of rotatable bonds is 6. The van der Waals surface area contributed by atoms with Gasteiger partial charge in [-0.05, 0) is 32.0 Å². The minimum Gasteiger partial charge on any atom is -0.497 e. The van der Waals surface area contributed by atoms with Crippen molar-refractivity contribution in [3.8, 4) is 11.5 Å². The summed E-state index contributed by atoms with van der Waals surface area (Å²) in [5.74, 6) is 1.00. The average molecular weight is 333 g/mol. The molecule has 7 heteroatoms. The number of ether oxygens (including phenoxy) is 3. The van der Waals surface area contributed by atoms with Crippen LogP contribution in [0.5, 0.6) is 11.5 Å². The number of benzene rings is 1. The molecular weight excluding hydrogens is 314 g/mol. The lowest BCUT2D eigenvalue weighted by atomic mass is 10.2. The number of aryl methyl sites for hydroxylation is 2. The summed E-state index contributed by atoms with van der Waals surface area (Å²) in [5, 5.41) is 2.62. The van der Waals surface area contributed by atoms with Crippen molar-refractivity contribution in [3.05, 3.63) is 41.3 Å². The molecule has 0 atom stereocenters. The molecule has 0 aliphatic heterocycles. The summed E-state index contributed by atoms with van der Waals surface area (Å²) in [6.45, 7) is 2.97. The summed E-state index contributed by atoms with van der Waals surface area (Å²) in [6.07, 6.45) is 0. The third-order valence-electron chi connectivity index (χ3n) is 3.28. The van der Waals surface area contributed by atoms with Gasteiger partial charge in [-0.15, -0.1) is 0 Å². The van der Waals surface area contributed by atoms with E-state index in [1.165, 1.54) is 14.2 Å². The lowest BCUT2D eigenvalue weighted by Gasteiger charge is -2.11. The van der Waals surface area contributed by atoms with E-state index >= 15 is 0 Å². The Bertz CT molecular complexity index is 750. The zero-order valence-corrected chi connectivity index (χ0v) is 14.0. The smallest absolute Gasteiger partial charge is 0.342 e. The first-order chi connectivity index (χ1) is 11.4. The van der Waals surface area contributed by atoms with Crippen LogP contribution >= 0.6 is 0 Å². The second-order valence-corrected chi connectivity index (χ2v) is 5.02. The van der Waals surface area contributed by atoms with E-state index in [1.54, 1.807) is 38.1 Å². The molecule has 7 nitrogen and oxygen atoms in total. The number of amides is 1. The van der Waals surface area contributed by atoms with Gasteiger partial charge in [0.25, 0.3) is 5.91 Å². The van der Waals surface area contributed by atoms with E-state index in [4.69, 9.17) is 18.6 Å². The van der Waals surface area contributed by atoms with E-state index in [-0.39, 0.29) is 0 Å². The fourth-order valence-corrected chi connectivity index (χ4v) is 2.13. The van der Waals surface area contributed by atoms with Crippen molar-refractivity contribution in [1.82, 2.24) is 0 Å². The Kier molecular flexibility index (Phi) is 5.47. The van der Waals surface area contributed by atoms with Crippen LogP contribution in [0, 0.1) is 13.8 Å². The summed E-state index contributed by atoms with van der Waals surface area (Å²) in [7, 11) is 3.01. The number of furan rings is 1. The number of methoxy groups -OCH3 is 2. The van der Waals surface area contributed by atoms with Gasteiger partial charge in [-0.2, -0.15) is 0 Å². The summed E-state index contributed by atoms with van der Waals surface area (Å²) < 4.78 is 20.5. The predicted molar refractivity (Wildman–Crippen MR) is 86.6 cm³/mol. The maximum atomic E-state index is 12.0. The topological polar surface area (TPSA) is 87.0 Å². The largest absolute Gasteiger partial charge is 0.497 e. The van der Waals surface area contributed by atoms with Gasteiger partial charge in [-0.1, -0.05) is 0 Å². The Labute approximate surface area is 139 Å². The molecule has 24 heavy (non-hydrogen) atoms. The predicted octanol–water partition coefficient (Wildman–Crippen LogP) is 2.71. The maximum absolute atomic E-state index is 12.0. The molecule has 0 saturated heterocycles. The van der Waals surface area contributed by atoms with E-state index in [0.29, 0.717) is 34.3 Å². The van der Waals surface area contributed by atoms with E-state index < -0.39 is 18.5 Å². The van der Waals surface area contributed by atoms with Gasteiger partial charge in [-0.25, -0.2) is 4.79 Å². The monoisotopic (exact) mass is 333 g/mol. The van der Waals surface area contributed by atoms with Crippen LogP contribution in [0.1, 0.15) is 21.9 Å². The first kappa shape index (κ1) is 17.4. The standard InChI is InChI=1S/C17H19NO6/c1-10-7-13(11(2)24-10)17(20)23-9-16(19)18-14-6-5-12(21-3)8-15(14)22-4/h5-8H,9H2,1-4H3,(H,18,19). The molecule has 1 amide bonds. The normalized spacial score (nSPS) is 10.2. The van der Waals surface area contributed by atoms with Crippen molar-refractivity contribution in [2.75, 3.05) is 26.1 Å². The molecule has 0 bridgehead atoms. The SMILES string of the molecule is COc1ccc(NC(=O)COC(=O)c2cc(C)oc2C)c(OC)c1. The van der Waals surface area contributed by atoms with Crippen molar-refractivity contribution in [2.24, 2.45) is 0 Å². The second kappa shape index (κ2) is 7.54. The highest BCUT2D eigenvalue weighted by molar-refractivity contribution is 5.96. The molecule has 2 aromatic rings. The van der Waals surface area contributed by atoms with E-state index in [9.17, 15) is 9.59 Å². The quantitative estimate of drug-likeness (QED) is 0.818. The maximum Gasteiger partial charge on any atom is 0.342 e. The number of anilines is 1. The lowest BCUT2D eigenvalue weighted by Crippen LogP contribution is -2.21. The van der Waals surface area contributed by atoms with E-state index in [1.807, 2.05) is 0 Å². The van der Waals surface area contributed by atoms with Crippen molar-refractivity contribution >= 4 is 17.6 Å². The number of hydrogen-bond acceptors (Lipinski definition) is 6. The van der Waals surface area contributed by atoms with Crippen molar-refractivity contribution in [1.29, 1.82) is 0 Å². The second-order valence-electron chi connectivity index (χ2n) is 5.02. The summed E-state index contributed by atoms with van der Waals surface area (Å²) >= 11 is 0. The van der Waals surface area contributed by atoms with Crippen LogP contribution in [0.2, 0.25) is 0 Å². The molecule has 0 aliphatic carbocycles. The van der Waals surface area contributed by atoms with Crippen LogP contribution in [-0.4, -0.2) is 32.7 Å². The Morgan fingerprint density at radius 2 is 1.88 bits per heavy atom. The fraction of sp³-hybridized carbons (Fsp3) is 0.294. The van der Waals surface area contributed by atoms with Crippen LogP contribution in [0.15, 0.2) is 28.7 Å². The fourth-order valence-electron chi connectivity index (χ4n) is 2.13. The number of esters is 1. The third-order valence-corrected chi connectivity index (χ3v) is 3.28. The van der Waals surface area contributed by atoms with Gasteiger partial charge in [0.1, 0.15) is 28.6 Å². The molecule has 0 radical (unpaired) electrons. The van der Waals surface area contributed by atoms with Crippen molar-refractivity contribution in [3.63, 3.8) is 0 Å². The van der Waals surface area contributed by atoms with Gasteiger partial charge < -0.3 is 23.9 Å². The molecule has 0 fully saturated rings. The summed E-state index contributed by atoms with van der Waals surface area (Å²) in [4.78, 5) is 23.9. The molecule has 0 saturated carbocycles. The van der Waals surface area contributed by atoms with Crippen molar-refractivity contribution in [2.45, 2.75) is 13.8 Å². The molecule has 0 aliphatic rings. The van der Waals surface area contributed by atoms with E-state index in [2.05, 4.69) is 5.32 Å². The van der Waals surface area contributed by atoms with Crippen LogP contribution in [0.3, 0.4) is 0 Å². The van der Waals surface area contributed by atoms with Gasteiger partial charge in [-0.3, -0.25) is 4.79 Å². The molecule has 1 N–H and O–H groups in total. The molecule has 1 aromatic heterocycles. The van der Waals surface area contributed by atoms with Crippen LogP contribution in [0.25, 0.3) is 0 Å². The Morgan fingerprint density at radius 1 is 1.12 bits per heavy atom. The van der Waals surface area contributed by atoms with Crippen LogP contribution < -0.4 is 14.8 Å². The zero-order chi connectivity index (χ0) is 17.7. The van der Waals surface area contributed by atoms with Gasteiger partial charge in [0.15, 0.2) is 6.61 Å². The first-order valence-corrected chi connectivity index (χ1v) is 7.20. The molecular formula is C17H19NO6. The molecule has 2 rings (SSSR count). The van der Waals surface area contributed by atoms with Gasteiger partial charge in [0.05, 0.1) is 19.9 Å². The summed E-state index contributed by atoms with van der Waals surface area (Å²) in [6, 6.07) is 6.53. The summed E-state index contributed by atoms with van der Waals surface area (Å²) in [5.41, 5.74) is 0.761. The Hall–Kier alpha value is -2.96. The Morgan fingerprint density at radius 3 is 2.46 bits per heavy atom. The average Bonchev–Trinajstić information content (AvgIpc) is 2.91. The molecule has 128 valence electrons. The number of carbonyl (C=O) groups excluding carboxylic acids is 2. The zero-order valence-electron chi connectivity index (χ0n) is 14.0. The van der Waals surface area contributed by atoms with E-state index in [0.717, 1.165) is 0 Å². The van der Waals surface area contributed by atoms with Gasteiger partial charge in [0, 0.05) is 6.07 Å². The van der Waals surface area contributed by atoms with Crippen LogP contribution in [-0.2, 0) is 9.53 Å². The molecule has 1 heterocycles. The minimum atomic E-state index is -0.610. The lowest BCUT2D eigenvalue weighted by molar-refractivity contribution is -0.119. The van der Waals surface area contributed by atoms with Gasteiger partial charge in [0.2, 0.25) is 0 Å². The molecule has 1 aromatic carbocycles. The molecule has 0 spiro atoms. The molecule has 0 unspecified atom stereocenters. The Balaban J connectivity index is 1.96. The van der Waals surface area contributed by atoms with Crippen LogP contribution in [0.4, 0.5) is 5.69 Å². The number of hydrogen-bond donors (Lipinski definition) is 1. The highest BCUT2D eigenvalue weighted by Gasteiger charge is 2.17. The highest BCUT2D eigenvalue weighted by atomic mass is 16.5. The third kappa shape index (κ3) is 4.07. The minimum absolute atomic E-state index is 0.308. The first-order valence-electron chi connectivity index (χ1n) is 7.20. The van der Waals surface area contributed by atoms with Crippen molar-refractivity contribution < 1.29 is 28.2 Å². The highest BCUT2D eigenvalue weighted by Crippen LogP contribution is 2.28. The number of carbonyl (C=O) groups is 2. The van der Waals surface area contributed by atoms with Gasteiger partial charge >= 0.3 is 5.97 Å².